The van der Waals surface area contributed by atoms with Gasteiger partial charge in [0, 0.05) is 5.56 Å². The lowest BCUT2D eigenvalue weighted by Crippen LogP contribution is -2.05. The molecule has 0 radical (unpaired) electrons. The summed E-state index contributed by atoms with van der Waals surface area (Å²) in [5.74, 6) is 0.769. The fourth-order valence-corrected chi connectivity index (χ4v) is 2.48. The lowest BCUT2D eigenvalue weighted by molar-refractivity contribution is 0.415. The predicted molar refractivity (Wildman–Crippen MR) is 87.0 cm³/mol. The summed E-state index contributed by atoms with van der Waals surface area (Å²) in [6.07, 6.45) is 0. The van der Waals surface area contributed by atoms with Crippen molar-refractivity contribution in [2.45, 2.75) is 13.5 Å². The quantitative estimate of drug-likeness (QED) is 0.742. The van der Waals surface area contributed by atoms with Gasteiger partial charge in [-0.05, 0) is 42.3 Å². The summed E-state index contributed by atoms with van der Waals surface area (Å²) < 4.78 is 6.95. The van der Waals surface area contributed by atoms with E-state index in [1.54, 1.807) is 11.8 Å². The molecule has 2 aromatic carbocycles. The average Bonchev–Trinajstić information content (AvgIpc) is 3.00. The van der Waals surface area contributed by atoms with Crippen LogP contribution in [0.1, 0.15) is 16.8 Å². The van der Waals surface area contributed by atoms with Crippen LogP contribution in [0, 0.1) is 18.3 Å². The van der Waals surface area contributed by atoms with Crippen LogP contribution in [0.3, 0.4) is 0 Å². The highest BCUT2D eigenvalue weighted by atomic mass is 16.5. The first-order chi connectivity index (χ1) is 11.2. The van der Waals surface area contributed by atoms with E-state index in [0.29, 0.717) is 12.2 Å². The maximum atomic E-state index is 9.32. The Labute approximate surface area is 134 Å². The molecule has 3 rings (SSSR count). The number of benzene rings is 2. The van der Waals surface area contributed by atoms with E-state index < -0.39 is 0 Å². The van der Waals surface area contributed by atoms with E-state index in [1.807, 2.05) is 36.4 Å². The molecule has 0 bridgehead atoms. The molecule has 0 saturated heterocycles. The Morgan fingerprint density at radius 3 is 2.52 bits per heavy atom. The Morgan fingerprint density at radius 1 is 1.13 bits per heavy atom. The van der Waals surface area contributed by atoms with Crippen LogP contribution in [0.25, 0.3) is 11.3 Å². The van der Waals surface area contributed by atoms with Crippen molar-refractivity contribution < 1.29 is 4.74 Å². The standard InChI is InChI=1S/C18H16N4O/c1-13-5-3-4-6-15(13)12-22-18(17(11-19)20-21-22)14-7-9-16(23-2)10-8-14/h3-10H,12H2,1-2H3. The molecular formula is C18H16N4O. The number of hydrogen-bond donors (Lipinski definition) is 0. The highest BCUT2D eigenvalue weighted by Crippen LogP contribution is 2.25. The Hall–Kier alpha value is -3.13. The van der Waals surface area contributed by atoms with Crippen LogP contribution in [-0.2, 0) is 6.54 Å². The lowest BCUT2D eigenvalue weighted by atomic mass is 10.1. The topological polar surface area (TPSA) is 63.7 Å². The number of rotatable bonds is 4. The second-order valence-corrected chi connectivity index (χ2v) is 5.21. The third-order valence-corrected chi connectivity index (χ3v) is 3.79. The van der Waals surface area contributed by atoms with Gasteiger partial charge in [-0.15, -0.1) is 5.10 Å². The van der Waals surface area contributed by atoms with Crippen molar-refractivity contribution in [1.82, 2.24) is 15.0 Å². The Kier molecular flexibility index (Phi) is 4.07. The van der Waals surface area contributed by atoms with Gasteiger partial charge in [0.15, 0.2) is 5.69 Å². The number of ether oxygens (including phenoxy) is 1. The van der Waals surface area contributed by atoms with Crippen LogP contribution in [0.5, 0.6) is 5.75 Å². The zero-order valence-electron chi connectivity index (χ0n) is 13.0. The maximum Gasteiger partial charge on any atom is 0.190 e. The van der Waals surface area contributed by atoms with Crippen LogP contribution in [-0.4, -0.2) is 22.1 Å². The van der Waals surface area contributed by atoms with Crippen LogP contribution in [0.15, 0.2) is 48.5 Å². The third kappa shape index (κ3) is 2.92. The lowest BCUT2D eigenvalue weighted by Gasteiger charge is -2.09. The zero-order valence-corrected chi connectivity index (χ0v) is 13.0. The van der Waals surface area contributed by atoms with Gasteiger partial charge in [-0.1, -0.05) is 29.5 Å². The molecule has 5 heteroatoms. The number of aromatic nitrogens is 3. The van der Waals surface area contributed by atoms with Gasteiger partial charge in [0.05, 0.1) is 13.7 Å². The van der Waals surface area contributed by atoms with Crippen molar-refractivity contribution in [3.63, 3.8) is 0 Å². The summed E-state index contributed by atoms with van der Waals surface area (Å²) in [6.45, 7) is 2.63. The van der Waals surface area contributed by atoms with Gasteiger partial charge in [0.1, 0.15) is 17.5 Å². The zero-order chi connectivity index (χ0) is 16.2. The Balaban J connectivity index is 2.04. The third-order valence-electron chi connectivity index (χ3n) is 3.79. The first-order valence-electron chi connectivity index (χ1n) is 7.25. The monoisotopic (exact) mass is 304 g/mol. The number of nitrogens with zero attached hydrogens (tertiary/aromatic N) is 4. The predicted octanol–water partition coefficient (Wildman–Crippen LogP) is 3.18. The highest BCUT2D eigenvalue weighted by Gasteiger charge is 2.15. The molecule has 114 valence electrons. The summed E-state index contributed by atoms with van der Waals surface area (Å²) in [6, 6.07) is 17.8. The second-order valence-electron chi connectivity index (χ2n) is 5.21. The minimum Gasteiger partial charge on any atom is -0.497 e. The Morgan fingerprint density at radius 2 is 1.87 bits per heavy atom. The van der Waals surface area contributed by atoms with E-state index in [2.05, 4.69) is 35.4 Å². The van der Waals surface area contributed by atoms with E-state index in [4.69, 9.17) is 4.74 Å². The summed E-state index contributed by atoms with van der Waals surface area (Å²) in [5, 5.41) is 17.5. The molecule has 0 fully saturated rings. The normalized spacial score (nSPS) is 10.3. The highest BCUT2D eigenvalue weighted by molar-refractivity contribution is 5.65. The van der Waals surface area contributed by atoms with E-state index in [9.17, 15) is 5.26 Å². The van der Waals surface area contributed by atoms with Crippen LogP contribution < -0.4 is 4.74 Å². The van der Waals surface area contributed by atoms with Gasteiger partial charge in [0.25, 0.3) is 0 Å². The number of methoxy groups -OCH3 is 1. The molecule has 0 atom stereocenters. The first-order valence-corrected chi connectivity index (χ1v) is 7.25. The molecule has 1 heterocycles. The minimum absolute atomic E-state index is 0.323. The van der Waals surface area contributed by atoms with Gasteiger partial charge in [-0.3, -0.25) is 0 Å². The average molecular weight is 304 g/mol. The van der Waals surface area contributed by atoms with Crippen molar-refractivity contribution in [3.05, 3.63) is 65.4 Å². The van der Waals surface area contributed by atoms with Gasteiger partial charge < -0.3 is 4.74 Å². The van der Waals surface area contributed by atoms with E-state index in [1.165, 1.54) is 5.56 Å². The molecule has 0 unspecified atom stereocenters. The number of hydrogen-bond acceptors (Lipinski definition) is 4. The fourth-order valence-electron chi connectivity index (χ4n) is 2.48. The van der Waals surface area contributed by atoms with Gasteiger partial charge in [-0.25, -0.2) is 4.68 Å². The summed E-state index contributed by atoms with van der Waals surface area (Å²) in [5.41, 5.74) is 4.27. The Bertz CT molecular complexity index is 859. The molecule has 0 saturated carbocycles. The smallest absolute Gasteiger partial charge is 0.190 e. The maximum absolute atomic E-state index is 9.32. The van der Waals surface area contributed by atoms with Gasteiger partial charge >= 0.3 is 0 Å². The van der Waals surface area contributed by atoms with E-state index >= 15 is 0 Å². The molecule has 0 aliphatic heterocycles. The molecule has 23 heavy (non-hydrogen) atoms. The SMILES string of the molecule is COc1ccc(-c2c(C#N)nnn2Cc2ccccc2C)cc1. The largest absolute Gasteiger partial charge is 0.497 e. The fraction of sp³-hybridized carbons (Fsp3) is 0.167. The van der Waals surface area contributed by atoms with Gasteiger partial charge in [0.2, 0.25) is 0 Å². The summed E-state index contributed by atoms with van der Waals surface area (Å²) in [7, 11) is 1.62. The number of aryl methyl sites for hydroxylation is 1. The van der Waals surface area contributed by atoms with Crippen LogP contribution in [0.2, 0.25) is 0 Å². The van der Waals surface area contributed by atoms with Crippen molar-refractivity contribution in [2.75, 3.05) is 7.11 Å². The summed E-state index contributed by atoms with van der Waals surface area (Å²) in [4.78, 5) is 0. The number of nitriles is 1. The molecule has 5 nitrogen and oxygen atoms in total. The molecule has 0 N–H and O–H groups in total. The second kappa shape index (κ2) is 6.32. The van der Waals surface area contributed by atoms with Crippen molar-refractivity contribution in [1.29, 1.82) is 5.26 Å². The molecular weight excluding hydrogens is 288 g/mol. The van der Waals surface area contributed by atoms with Crippen molar-refractivity contribution >= 4 is 0 Å². The molecule has 0 aliphatic carbocycles. The van der Waals surface area contributed by atoms with Crippen LogP contribution >= 0.6 is 0 Å². The first kappa shape index (κ1) is 14.8. The van der Waals surface area contributed by atoms with E-state index in [-0.39, 0.29) is 0 Å². The van der Waals surface area contributed by atoms with Gasteiger partial charge in [-0.2, -0.15) is 5.26 Å². The molecule has 1 aromatic heterocycles. The molecule has 0 amide bonds. The summed E-state index contributed by atoms with van der Waals surface area (Å²) >= 11 is 0. The minimum atomic E-state index is 0.323. The van der Waals surface area contributed by atoms with E-state index in [0.717, 1.165) is 22.6 Å². The van der Waals surface area contributed by atoms with Crippen molar-refractivity contribution in [2.24, 2.45) is 0 Å². The van der Waals surface area contributed by atoms with Crippen molar-refractivity contribution in [3.8, 4) is 23.1 Å². The molecule has 3 aromatic rings. The molecule has 0 aliphatic rings. The molecule has 0 spiro atoms. The van der Waals surface area contributed by atoms with Crippen LogP contribution in [0.4, 0.5) is 0 Å².